The van der Waals surface area contributed by atoms with E-state index in [2.05, 4.69) is 10.6 Å². The molecule has 98 valence electrons. The lowest BCUT2D eigenvalue weighted by atomic mass is 10.1. The van der Waals surface area contributed by atoms with Crippen molar-refractivity contribution < 1.29 is 9.18 Å². The Balaban J connectivity index is 1.83. The first kappa shape index (κ1) is 13.0. The number of carbonyl (C=O) groups excluding carboxylic acids is 1. The van der Waals surface area contributed by atoms with E-state index in [4.69, 9.17) is 0 Å². The fraction of sp³-hybridized carbons (Fsp3) is 0.500. The highest BCUT2D eigenvalue weighted by Crippen LogP contribution is 2.18. The minimum Gasteiger partial charge on any atom is -0.351 e. The van der Waals surface area contributed by atoms with Crippen LogP contribution in [0.3, 0.4) is 0 Å². The van der Waals surface area contributed by atoms with Crippen molar-refractivity contribution >= 4 is 5.91 Å². The molecule has 0 radical (unpaired) electrons. The fourth-order valence-corrected chi connectivity index (χ4v) is 1.93. The molecule has 0 saturated heterocycles. The van der Waals surface area contributed by atoms with Crippen LogP contribution < -0.4 is 10.6 Å². The highest BCUT2D eigenvalue weighted by Gasteiger charge is 2.20. The number of amides is 1. The van der Waals surface area contributed by atoms with Gasteiger partial charge < -0.3 is 10.6 Å². The van der Waals surface area contributed by atoms with Crippen molar-refractivity contribution in [3.05, 3.63) is 34.6 Å². The molecule has 0 aliphatic heterocycles. The van der Waals surface area contributed by atoms with Crippen LogP contribution in [0.4, 0.5) is 4.39 Å². The van der Waals surface area contributed by atoms with Crippen LogP contribution in [-0.2, 0) is 11.3 Å². The Morgan fingerprint density at radius 1 is 1.33 bits per heavy atom. The molecule has 0 atom stereocenters. The van der Waals surface area contributed by atoms with Crippen molar-refractivity contribution in [2.75, 3.05) is 6.54 Å². The Bertz CT molecular complexity index is 432. The minimum absolute atomic E-state index is 0.0125. The van der Waals surface area contributed by atoms with Gasteiger partial charge in [0, 0.05) is 12.6 Å². The van der Waals surface area contributed by atoms with Gasteiger partial charge in [0.05, 0.1) is 6.54 Å². The van der Waals surface area contributed by atoms with Crippen LogP contribution in [0.15, 0.2) is 12.1 Å². The van der Waals surface area contributed by atoms with Crippen LogP contribution in [0.25, 0.3) is 0 Å². The predicted octanol–water partition coefficient (Wildman–Crippen LogP) is 1.81. The highest BCUT2D eigenvalue weighted by atomic mass is 19.1. The Morgan fingerprint density at radius 2 is 1.94 bits per heavy atom. The van der Waals surface area contributed by atoms with E-state index in [1.807, 2.05) is 0 Å². The second-order valence-electron chi connectivity index (χ2n) is 4.98. The van der Waals surface area contributed by atoms with Crippen LogP contribution in [0.2, 0.25) is 0 Å². The van der Waals surface area contributed by atoms with Gasteiger partial charge in [-0.1, -0.05) is 12.1 Å². The lowest BCUT2D eigenvalue weighted by molar-refractivity contribution is -0.120. The summed E-state index contributed by atoms with van der Waals surface area (Å²) in [6, 6.07) is 4.08. The molecular formula is C14H19FN2O. The van der Waals surface area contributed by atoms with Crippen molar-refractivity contribution in [3.8, 4) is 0 Å². The third kappa shape index (κ3) is 3.53. The van der Waals surface area contributed by atoms with Gasteiger partial charge in [0.25, 0.3) is 0 Å². The highest BCUT2D eigenvalue weighted by molar-refractivity contribution is 5.78. The largest absolute Gasteiger partial charge is 0.351 e. The van der Waals surface area contributed by atoms with Crippen molar-refractivity contribution in [1.29, 1.82) is 0 Å². The maximum absolute atomic E-state index is 13.4. The van der Waals surface area contributed by atoms with Crippen LogP contribution in [0.5, 0.6) is 0 Å². The number of benzene rings is 1. The fourth-order valence-electron chi connectivity index (χ4n) is 1.93. The zero-order chi connectivity index (χ0) is 13.1. The molecule has 2 N–H and O–H groups in total. The van der Waals surface area contributed by atoms with E-state index in [9.17, 15) is 9.18 Å². The van der Waals surface area contributed by atoms with E-state index < -0.39 is 0 Å². The van der Waals surface area contributed by atoms with E-state index in [0.717, 1.165) is 5.56 Å². The Morgan fingerprint density at radius 3 is 2.50 bits per heavy atom. The summed E-state index contributed by atoms with van der Waals surface area (Å²) in [4.78, 5) is 11.5. The maximum Gasteiger partial charge on any atom is 0.234 e. The molecule has 1 aliphatic carbocycles. The topological polar surface area (TPSA) is 41.1 Å². The number of hydrogen-bond acceptors (Lipinski definition) is 2. The number of nitrogens with one attached hydrogen (secondary N) is 2. The molecule has 0 heterocycles. The molecule has 4 heteroatoms. The normalized spacial score (nSPS) is 14.6. The quantitative estimate of drug-likeness (QED) is 0.837. The van der Waals surface area contributed by atoms with Gasteiger partial charge in [-0.05, 0) is 43.4 Å². The first-order valence-electron chi connectivity index (χ1n) is 6.32. The average molecular weight is 250 g/mol. The SMILES string of the molecule is Cc1cc(CNC(=O)CNC2CC2)cc(C)c1F. The maximum atomic E-state index is 13.4. The Labute approximate surface area is 107 Å². The average Bonchev–Trinajstić information content (AvgIpc) is 3.14. The van der Waals surface area contributed by atoms with Crippen LogP contribution in [0, 0.1) is 19.7 Å². The van der Waals surface area contributed by atoms with E-state index in [1.54, 1.807) is 26.0 Å². The standard InChI is InChI=1S/C14H19FN2O/c1-9-5-11(6-10(2)14(9)15)7-17-13(18)8-16-12-3-4-12/h5-6,12,16H,3-4,7-8H2,1-2H3,(H,17,18). The van der Waals surface area contributed by atoms with Gasteiger partial charge in [0.2, 0.25) is 5.91 Å². The molecule has 1 aliphatic rings. The van der Waals surface area contributed by atoms with Crippen molar-refractivity contribution in [1.82, 2.24) is 10.6 Å². The van der Waals surface area contributed by atoms with Crippen molar-refractivity contribution in [2.45, 2.75) is 39.3 Å². The Hall–Kier alpha value is -1.42. The first-order chi connectivity index (χ1) is 8.56. The molecule has 18 heavy (non-hydrogen) atoms. The zero-order valence-corrected chi connectivity index (χ0v) is 10.8. The second kappa shape index (κ2) is 5.48. The van der Waals surface area contributed by atoms with Gasteiger partial charge in [0.1, 0.15) is 5.82 Å². The summed E-state index contributed by atoms with van der Waals surface area (Å²) in [6.07, 6.45) is 2.34. The second-order valence-corrected chi connectivity index (χ2v) is 4.98. The van der Waals surface area contributed by atoms with Gasteiger partial charge in [-0.25, -0.2) is 4.39 Å². The number of hydrogen-bond donors (Lipinski definition) is 2. The molecule has 0 unspecified atom stereocenters. The zero-order valence-electron chi connectivity index (χ0n) is 10.8. The molecule has 2 rings (SSSR count). The van der Waals surface area contributed by atoms with Gasteiger partial charge in [-0.15, -0.1) is 0 Å². The van der Waals surface area contributed by atoms with Crippen molar-refractivity contribution in [2.24, 2.45) is 0 Å². The van der Waals surface area contributed by atoms with Gasteiger partial charge >= 0.3 is 0 Å². The predicted molar refractivity (Wildman–Crippen MR) is 68.7 cm³/mol. The summed E-state index contributed by atoms with van der Waals surface area (Å²) in [7, 11) is 0. The number of rotatable bonds is 5. The molecule has 0 bridgehead atoms. The van der Waals surface area contributed by atoms with Crippen LogP contribution in [0.1, 0.15) is 29.5 Å². The molecule has 1 aromatic rings. The van der Waals surface area contributed by atoms with Crippen LogP contribution in [-0.4, -0.2) is 18.5 Å². The third-order valence-corrected chi connectivity index (χ3v) is 3.11. The first-order valence-corrected chi connectivity index (χ1v) is 6.32. The van der Waals surface area contributed by atoms with E-state index >= 15 is 0 Å². The lowest BCUT2D eigenvalue weighted by Crippen LogP contribution is -2.34. The van der Waals surface area contributed by atoms with Crippen molar-refractivity contribution in [3.63, 3.8) is 0 Å². The summed E-state index contributed by atoms with van der Waals surface area (Å²) < 4.78 is 13.4. The van der Waals surface area contributed by atoms with Gasteiger partial charge in [-0.3, -0.25) is 4.79 Å². The summed E-state index contributed by atoms with van der Waals surface area (Å²) in [5.41, 5.74) is 2.18. The minimum atomic E-state index is -0.166. The van der Waals surface area contributed by atoms with E-state index in [0.29, 0.717) is 30.3 Å². The van der Waals surface area contributed by atoms with Gasteiger partial charge in [0.15, 0.2) is 0 Å². The number of halogens is 1. The van der Waals surface area contributed by atoms with E-state index in [-0.39, 0.29) is 11.7 Å². The molecule has 0 spiro atoms. The third-order valence-electron chi connectivity index (χ3n) is 3.11. The van der Waals surface area contributed by atoms with Gasteiger partial charge in [-0.2, -0.15) is 0 Å². The summed E-state index contributed by atoms with van der Waals surface area (Å²) >= 11 is 0. The summed E-state index contributed by atoms with van der Waals surface area (Å²) in [5, 5.41) is 5.98. The van der Waals surface area contributed by atoms with E-state index in [1.165, 1.54) is 12.8 Å². The molecule has 1 aromatic carbocycles. The molecule has 1 fully saturated rings. The molecule has 0 aromatic heterocycles. The lowest BCUT2D eigenvalue weighted by Gasteiger charge is -2.09. The molecule has 3 nitrogen and oxygen atoms in total. The Kier molecular flexibility index (Phi) is 3.97. The summed E-state index contributed by atoms with van der Waals surface area (Å²) in [5.74, 6) is -0.179. The van der Waals surface area contributed by atoms with Crippen LogP contribution >= 0.6 is 0 Å². The number of carbonyl (C=O) groups is 1. The monoisotopic (exact) mass is 250 g/mol. The molecule has 1 saturated carbocycles. The summed E-state index contributed by atoms with van der Waals surface area (Å²) in [6.45, 7) is 4.29. The number of aryl methyl sites for hydroxylation is 2. The smallest absolute Gasteiger partial charge is 0.234 e. The molecule has 1 amide bonds. The molecular weight excluding hydrogens is 231 g/mol.